The van der Waals surface area contributed by atoms with E-state index in [-0.39, 0.29) is 17.7 Å². The second-order valence-corrected chi connectivity index (χ2v) is 5.52. The molecule has 0 aliphatic heterocycles. The second kappa shape index (κ2) is 7.08. The molecule has 0 saturated heterocycles. The van der Waals surface area contributed by atoms with Crippen LogP contribution < -0.4 is 16.8 Å². The zero-order chi connectivity index (χ0) is 15.2. The van der Waals surface area contributed by atoms with Crippen molar-refractivity contribution >= 4 is 11.7 Å². The Morgan fingerprint density at radius 3 is 2.62 bits per heavy atom. The van der Waals surface area contributed by atoms with Gasteiger partial charge < -0.3 is 22.0 Å². The van der Waals surface area contributed by atoms with Crippen LogP contribution in [0.1, 0.15) is 36.8 Å². The maximum atomic E-state index is 11.1. The van der Waals surface area contributed by atoms with Crippen molar-refractivity contribution < 1.29 is 10.0 Å². The van der Waals surface area contributed by atoms with E-state index < -0.39 is 0 Å². The van der Waals surface area contributed by atoms with Crippen molar-refractivity contribution in [3.63, 3.8) is 0 Å². The normalized spacial score (nSPS) is 23.0. The molecule has 0 radical (unpaired) electrons. The number of amides is 1. The van der Waals surface area contributed by atoms with Gasteiger partial charge in [0.25, 0.3) is 0 Å². The number of hydrogen-bond donors (Lipinski definition) is 4. The van der Waals surface area contributed by atoms with Crippen LogP contribution >= 0.6 is 0 Å². The van der Waals surface area contributed by atoms with Gasteiger partial charge in [0, 0.05) is 24.1 Å². The van der Waals surface area contributed by atoms with Crippen molar-refractivity contribution in [1.29, 1.82) is 0 Å². The highest BCUT2D eigenvalue weighted by molar-refractivity contribution is 5.97. The summed E-state index contributed by atoms with van der Waals surface area (Å²) in [4.78, 5) is 11.1. The summed E-state index contributed by atoms with van der Waals surface area (Å²) >= 11 is 0. The molecule has 0 spiro atoms. The third kappa shape index (κ3) is 4.19. The Bertz CT molecular complexity index is 522. The van der Waals surface area contributed by atoms with Crippen LogP contribution in [-0.4, -0.2) is 23.0 Å². The van der Waals surface area contributed by atoms with E-state index in [1.165, 1.54) is 0 Å². The Balaban J connectivity index is 1.85. The fraction of sp³-hybridized carbons (Fsp3) is 0.467. The average molecular weight is 290 g/mol. The minimum atomic E-state index is -0.181. The Morgan fingerprint density at radius 2 is 2.00 bits per heavy atom. The van der Waals surface area contributed by atoms with Crippen LogP contribution in [0.15, 0.2) is 29.4 Å². The highest BCUT2D eigenvalue weighted by Crippen LogP contribution is 2.24. The van der Waals surface area contributed by atoms with E-state index in [9.17, 15) is 4.79 Å². The van der Waals surface area contributed by atoms with Gasteiger partial charge in [-0.05, 0) is 37.3 Å². The van der Waals surface area contributed by atoms with Crippen LogP contribution in [0.4, 0.5) is 0 Å². The van der Waals surface area contributed by atoms with E-state index in [4.69, 9.17) is 16.7 Å². The number of nitrogens with two attached hydrogens (primary N) is 2. The molecule has 0 atom stereocenters. The van der Waals surface area contributed by atoms with Crippen molar-refractivity contribution in [2.45, 2.75) is 38.3 Å². The quantitative estimate of drug-likeness (QED) is 0.279. The van der Waals surface area contributed by atoms with Crippen molar-refractivity contribution in [2.24, 2.45) is 22.5 Å². The highest BCUT2D eigenvalue weighted by Gasteiger charge is 2.24. The zero-order valence-electron chi connectivity index (χ0n) is 12.0. The Labute approximate surface area is 124 Å². The second-order valence-electron chi connectivity index (χ2n) is 5.52. The minimum absolute atomic E-state index is 0.0342. The first-order valence-corrected chi connectivity index (χ1v) is 7.19. The number of carbonyl (C=O) groups is 1. The molecule has 0 unspecified atom stereocenters. The lowest BCUT2D eigenvalue weighted by Gasteiger charge is -2.27. The molecule has 1 aliphatic carbocycles. The predicted molar refractivity (Wildman–Crippen MR) is 80.7 cm³/mol. The van der Waals surface area contributed by atoms with Crippen molar-refractivity contribution in [3.05, 3.63) is 35.4 Å². The molecule has 1 fully saturated rings. The van der Waals surface area contributed by atoms with Gasteiger partial charge in [0.2, 0.25) is 5.91 Å². The molecule has 6 N–H and O–H groups in total. The maximum Gasteiger partial charge on any atom is 0.220 e. The summed E-state index contributed by atoms with van der Waals surface area (Å²) in [5, 5.41) is 15.2. The molecular formula is C15H22N4O2. The lowest BCUT2D eigenvalue weighted by atomic mass is 9.85. The number of hydrogen-bond acceptors (Lipinski definition) is 4. The first-order valence-electron chi connectivity index (χ1n) is 7.19. The number of nitrogens with one attached hydrogen (secondary N) is 1. The topological polar surface area (TPSA) is 114 Å². The Kier molecular flexibility index (Phi) is 5.16. The maximum absolute atomic E-state index is 11.1. The molecule has 2 rings (SSSR count). The summed E-state index contributed by atoms with van der Waals surface area (Å²) in [5.41, 5.74) is 12.7. The smallest absolute Gasteiger partial charge is 0.220 e. The third-order valence-corrected chi connectivity index (χ3v) is 4.05. The van der Waals surface area contributed by atoms with Gasteiger partial charge in [-0.2, -0.15) is 0 Å². The standard InChI is InChI=1S/C15H22N4O2/c16-14(19-21)12-3-1-2-10(8-12)9-18-13-6-4-11(5-7-13)15(17)20/h1-3,8,11,13,18,21H,4-7,9H2,(H2,16,19)(H2,17,20). The largest absolute Gasteiger partial charge is 0.409 e. The summed E-state index contributed by atoms with van der Waals surface area (Å²) < 4.78 is 0. The predicted octanol–water partition coefficient (Wildman–Crippen LogP) is 0.915. The molecule has 1 aromatic carbocycles. The average Bonchev–Trinajstić information content (AvgIpc) is 2.52. The molecule has 0 aromatic heterocycles. The molecule has 114 valence electrons. The molecule has 6 heteroatoms. The molecular weight excluding hydrogens is 268 g/mol. The molecule has 0 bridgehead atoms. The number of benzene rings is 1. The SMILES string of the molecule is NC(=O)C1CCC(NCc2cccc(C(N)=NO)c2)CC1. The van der Waals surface area contributed by atoms with Gasteiger partial charge in [0.1, 0.15) is 0 Å². The zero-order valence-corrected chi connectivity index (χ0v) is 12.0. The van der Waals surface area contributed by atoms with Crippen molar-refractivity contribution in [1.82, 2.24) is 5.32 Å². The number of amidine groups is 1. The Morgan fingerprint density at radius 1 is 1.29 bits per heavy atom. The number of rotatable bonds is 5. The number of oxime groups is 1. The monoisotopic (exact) mass is 290 g/mol. The number of primary amides is 1. The minimum Gasteiger partial charge on any atom is -0.409 e. The summed E-state index contributed by atoms with van der Waals surface area (Å²) in [6.45, 7) is 0.721. The van der Waals surface area contributed by atoms with Gasteiger partial charge in [0.15, 0.2) is 5.84 Å². The van der Waals surface area contributed by atoms with Crippen LogP contribution in [0.25, 0.3) is 0 Å². The summed E-state index contributed by atoms with van der Waals surface area (Å²) in [7, 11) is 0. The van der Waals surface area contributed by atoms with Crippen LogP contribution in [0.2, 0.25) is 0 Å². The van der Waals surface area contributed by atoms with E-state index >= 15 is 0 Å². The van der Waals surface area contributed by atoms with Crippen LogP contribution in [0.5, 0.6) is 0 Å². The summed E-state index contributed by atoms with van der Waals surface area (Å²) in [5.74, 6) is -0.0364. The van der Waals surface area contributed by atoms with E-state index in [0.29, 0.717) is 11.6 Å². The van der Waals surface area contributed by atoms with E-state index in [1.807, 2.05) is 18.2 Å². The third-order valence-electron chi connectivity index (χ3n) is 4.05. The first kappa shape index (κ1) is 15.3. The van der Waals surface area contributed by atoms with Crippen LogP contribution in [0, 0.1) is 5.92 Å². The molecule has 1 aliphatic rings. The van der Waals surface area contributed by atoms with Crippen molar-refractivity contribution in [2.75, 3.05) is 0 Å². The van der Waals surface area contributed by atoms with Crippen molar-refractivity contribution in [3.8, 4) is 0 Å². The van der Waals surface area contributed by atoms with Gasteiger partial charge in [-0.15, -0.1) is 0 Å². The summed E-state index contributed by atoms with van der Waals surface area (Å²) in [6.07, 6.45) is 3.65. The van der Waals surface area contributed by atoms with Gasteiger partial charge in [-0.1, -0.05) is 23.4 Å². The van der Waals surface area contributed by atoms with Crippen LogP contribution in [-0.2, 0) is 11.3 Å². The molecule has 1 amide bonds. The summed E-state index contributed by atoms with van der Waals surface area (Å²) in [6, 6.07) is 7.99. The van der Waals surface area contributed by atoms with Crippen LogP contribution in [0.3, 0.4) is 0 Å². The lowest BCUT2D eigenvalue weighted by Crippen LogP contribution is -2.36. The number of carbonyl (C=O) groups excluding carboxylic acids is 1. The fourth-order valence-electron chi connectivity index (χ4n) is 2.74. The molecule has 0 heterocycles. The molecule has 6 nitrogen and oxygen atoms in total. The van der Waals surface area contributed by atoms with Gasteiger partial charge in [-0.25, -0.2) is 0 Å². The highest BCUT2D eigenvalue weighted by atomic mass is 16.4. The van der Waals surface area contributed by atoms with Gasteiger partial charge in [-0.3, -0.25) is 4.79 Å². The molecule has 1 aromatic rings. The fourth-order valence-corrected chi connectivity index (χ4v) is 2.74. The van der Waals surface area contributed by atoms with E-state index in [0.717, 1.165) is 37.8 Å². The van der Waals surface area contributed by atoms with Gasteiger partial charge in [0.05, 0.1) is 0 Å². The van der Waals surface area contributed by atoms with E-state index in [1.54, 1.807) is 6.07 Å². The molecule has 21 heavy (non-hydrogen) atoms. The van der Waals surface area contributed by atoms with E-state index in [2.05, 4.69) is 10.5 Å². The lowest BCUT2D eigenvalue weighted by molar-refractivity contribution is -0.122. The Hall–Kier alpha value is -2.08. The van der Waals surface area contributed by atoms with Gasteiger partial charge >= 0.3 is 0 Å². The first-order chi connectivity index (χ1) is 10.1. The number of nitrogens with zero attached hydrogens (tertiary/aromatic N) is 1. The molecule has 1 saturated carbocycles.